The maximum Gasteiger partial charge on any atom is 0.256 e. The van der Waals surface area contributed by atoms with Crippen molar-refractivity contribution in [1.29, 1.82) is 0 Å². The van der Waals surface area contributed by atoms with Gasteiger partial charge < -0.3 is 9.42 Å². The first-order valence-corrected chi connectivity index (χ1v) is 12.0. The number of halogens is 1. The minimum atomic E-state index is -0.303. The third kappa shape index (κ3) is 4.49. The average molecular weight is 441 g/mol. The Morgan fingerprint density at radius 2 is 1.94 bits per heavy atom. The molecule has 0 saturated carbocycles. The van der Waals surface area contributed by atoms with Crippen molar-refractivity contribution in [2.45, 2.75) is 71.8 Å². The summed E-state index contributed by atoms with van der Waals surface area (Å²) in [4.78, 5) is 20.1. The smallest absolute Gasteiger partial charge is 0.256 e. The van der Waals surface area contributed by atoms with E-state index in [2.05, 4.69) is 10.1 Å². The summed E-state index contributed by atoms with van der Waals surface area (Å²) in [5, 5.41) is 5.15. The van der Waals surface area contributed by atoms with E-state index in [0.717, 1.165) is 92.9 Å². The molecular formula is C25H33FN4O2. The van der Waals surface area contributed by atoms with Gasteiger partial charge in [-0.3, -0.25) is 9.36 Å². The van der Waals surface area contributed by atoms with E-state index >= 15 is 0 Å². The molecule has 172 valence electrons. The van der Waals surface area contributed by atoms with E-state index in [-0.39, 0.29) is 11.4 Å². The van der Waals surface area contributed by atoms with Crippen molar-refractivity contribution >= 4 is 11.0 Å². The summed E-state index contributed by atoms with van der Waals surface area (Å²) < 4.78 is 20.6. The number of fused-ring (bicyclic) bond motifs is 2. The van der Waals surface area contributed by atoms with Crippen LogP contribution < -0.4 is 5.56 Å². The zero-order valence-corrected chi connectivity index (χ0v) is 19.4. The van der Waals surface area contributed by atoms with Crippen LogP contribution in [0, 0.1) is 12.7 Å². The van der Waals surface area contributed by atoms with Gasteiger partial charge in [0.1, 0.15) is 11.6 Å². The first-order chi connectivity index (χ1) is 15.6. The van der Waals surface area contributed by atoms with Crippen LogP contribution in [0.4, 0.5) is 4.39 Å². The summed E-state index contributed by atoms with van der Waals surface area (Å²) in [7, 11) is 0. The number of hydrogen-bond donors (Lipinski definition) is 0. The van der Waals surface area contributed by atoms with Crippen LogP contribution in [0.2, 0.25) is 0 Å². The second kappa shape index (κ2) is 9.94. The molecule has 0 N–H and O–H groups in total. The SMILES string of the molecule is CC.Cc1nc2n(c(=O)c1CCN1CCC(c3noc4cc(F)ccc34)CC1)CCCC2. The summed E-state index contributed by atoms with van der Waals surface area (Å²) in [6, 6.07) is 4.63. The molecule has 1 saturated heterocycles. The van der Waals surface area contributed by atoms with Crippen molar-refractivity contribution in [3.05, 3.63) is 57.1 Å². The molecule has 0 unspecified atom stereocenters. The highest BCUT2D eigenvalue weighted by molar-refractivity contribution is 5.79. The predicted octanol–water partition coefficient (Wildman–Crippen LogP) is 4.62. The van der Waals surface area contributed by atoms with Crippen molar-refractivity contribution in [2.75, 3.05) is 19.6 Å². The normalized spacial score (nSPS) is 17.1. The van der Waals surface area contributed by atoms with Crippen LogP contribution in [-0.4, -0.2) is 39.2 Å². The van der Waals surface area contributed by atoms with E-state index in [4.69, 9.17) is 9.51 Å². The number of hydrogen-bond acceptors (Lipinski definition) is 5. The Bertz CT molecular complexity index is 1130. The second-order valence-electron chi connectivity index (χ2n) is 8.58. The minimum absolute atomic E-state index is 0.161. The van der Waals surface area contributed by atoms with E-state index in [1.165, 1.54) is 12.1 Å². The summed E-state index contributed by atoms with van der Waals surface area (Å²) in [5.74, 6) is 0.974. The van der Waals surface area contributed by atoms with Gasteiger partial charge in [-0.05, 0) is 64.3 Å². The van der Waals surface area contributed by atoms with E-state index in [0.29, 0.717) is 11.5 Å². The molecule has 2 aliphatic heterocycles. The van der Waals surface area contributed by atoms with Crippen LogP contribution in [0.5, 0.6) is 0 Å². The topological polar surface area (TPSA) is 64.2 Å². The van der Waals surface area contributed by atoms with Crippen molar-refractivity contribution in [1.82, 2.24) is 19.6 Å². The van der Waals surface area contributed by atoms with Gasteiger partial charge in [-0.25, -0.2) is 9.37 Å². The highest BCUT2D eigenvalue weighted by Gasteiger charge is 2.25. The zero-order valence-electron chi connectivity index (χ0n) is 19.4. The lowest BCUT2D eigenvalue weighted by Crippen LogP contribution is -2.37. The van der Waals surface area contributed by atoms with Gasteiger partial charge in [0.25, 0.3) is 5.56 Å². The van der Waals surface area contributed by atoms with Crippen LogP contribution in [0.15, 0.2) is 27.5 Å². The van der Waals surface area contributed by atoms with Crippen LogP contribution in [-0.2, 0) is 19.4 Å². The zero-order chi connectivity index (χ0) is 22.7. The van der Waals surface area contributed by atoms with E-state index < -0.39 is 0 Å². The number of benzene rings is 1. The molecule has 1 fully saturated rings. The lowest BCUT2D eigenvalue weighted by Gasteiger charge is -2.31. The molecule has 0 radical (unpaired) electrons. The van der Waals surface area contributed by atoms with Crippen LogP contribution in [0.3, 0.4) is 0 Å². The molecule has 3 aromatic rings. The number of likely N-dealkylation sites (tertiary alicyclic amines) is 1. The summed E-state index contributed by atoms with van der Waals surface area (Å²) in [6.07, 6.45) is 5.81. The molecule has 0 amide bonds. The molecule has 5 rings (SSSR count). The van der Waals surface area contributed by atoms with Gasteiger partial charge in [0.15, 0.2) is 5.58 Å². The van der Waals surface area contributed by atoms with Gasteiger partial charge in [0.05, 0.1) is 5.69 Å². The summed E-state index contributed by atoms with van der Waals surface area (Å²) in [6.45, 7) is 9.55. The first kappa shape index (κ1) is 22.6. The lowest BCUT2D eigenvalue weighted by atomic mass is 9.91. The van der Waals surface area contributed by atoms with Crippen molar-refractivity contribution < 1.29 is 8.91 Å². The number of aryl methyl sites for hydroxylation is 2. The Morgan fingerprint density at radius 3 is 2.72 bits per heavy atom. The average Bonchev–Trinajstić information content (AvgIpc) is 3.23. The minimum Gasteiger partial charge on any atom is -0.356 e. The largest absolute Gasteiger partial charge is 0.356 e. The molecule has 32 heavy (non-hydrogen) atoms. The third-order valence-corrected chi connectivity index (χ3v) is 6.69. The van der Waals surface area contributed by atoms with Crippen LogP contribution >= 0.6 is 0 Å². The fourth-order valence-corrected chi connectivity index (χ4v) is 4.94. The molecule has 2 aliphatic rings. The molecule has 0 spiro atoms. The fraction of sp³-hybridized carbons (Fsp3) is 0.560. The van der Waals surface area contributed by atoms with E-state index in [1.54, 1.807) is 6.07 Å². The fourth-order valence-electron chi connectivity index (χ4n) is 4.94. The van der Waals surface area contributed by atoms with Crippen molar-refractivity contribution in [3.8, 4) is 0 Å². The molecular weight excluding hydrogens is 407 g/mol. The Labute approximate surface area is 188 Å². The van der Waals surface area contributed by atoms with Gasteiger partial charge in [-0.2, -0.15) is 0 Å². The first-order valence-electron chi connectivity index (χ1n) is 12.0. The molecule has 0 atom stereocenters. The van der Waals surface area contributed by atoms with Gasteiger partial charge in [0, 0.05) is 48.1 Å². The maximum absolute atomic E-state index is 13.4. The van der Waals surface area contributed by atoms with Crippen molar-refractivity contribution in [2.24, 2.45) is 0 Å². The van der Waals surface area contributed by atoms with E-state index in [9.17, 15) is 9.18 Å². The summed E-state index contributed by atoms with van der Waals surface area (Å²) in [5.41, 5.74) is 3.38. The van der Waals surface area contributed by atoms with Crippen molar-refractivity contribution in [3.63, 3.8) is 0 Å². The lowest BCUT2D eigenvalue weighted by molar-refractivity contribution is 0.211. The van der Waals surface area contributed by atoms with Crippen LogP contribution in [0.25, 0.3) is 11.0 Å². The van der Waals surface area contributed by atoms with Gasteiger partial charge in [0.2, 0.25) is 0 Å². The number of rotatable bonds is 4. The monoisotopic (exact) mass is 440 g/mol. The van der Waals surface area contributed by atoms with E-state index in [1.807, 2.05) is 25.3 Å². The highest BCUT2D eigenvalue weighted by atomic mass is 19.1. The number of aromatic nitrogens is 3. The Balaban J connectivity index is 0.00000119. The Morgan fingerprint density at radius 1 is 1.16 bits per heavy atom. The molecule has 4 heterocycles. The number of nitrogens with zero attached hydrogens (tertiary/aromatic N) is 4. The highest BCUT2D eigenvalue weighted by Crippen LogP contribution is 2.32. The van der Waals surface area contributed by atoms with Gasteiger partial charge >= 0.3 is 0 Å². The quantitative estimate of drug-likeness (QED) is 0.593. The molecule has 1 aromatic carbocycles. The maximum atomic E-state index is 13.4. The second-order valence-corrected chi connectivity index (χ2v) is 8.58. The Kier molecular flexibility index (Phi) is 7.04. The molecule has 7 heteroatoms. The predicted molar refractivity (Wildman–Crippen MR) is 124 cm³/mol. The van der Waals surface area contributed by atoms with Gasteiger partial charge in [-0.1, -0.05) is 19.0 Å². The van der Waals surface area contributed by atoms with Gasteiger partial charge in [-0.15, -0.1) is 0 Å². The Hall–Kier alpha value is -2.54. The molecule has 6 nitrogen and oxygen atoms in total. The molecule has 0 bridgehead atoms. The third-order valence-electron chi connectivity index (χ3n) is 6.69. The standard InChI is InChI=1S/C23H27FN4O2.C2H6/c1-15-18(23(29)28-10-3-2-4-21(28)25-15)9-13-27-11-7-16(8-12-27)22-19-6-5-17(24)14-20(19)30-26-22;1-2/h5-6,14,16H,2-4,7-13H2,1H3;1-2H3. The van der Waals surface area contributed by atoms with Crippen LogP contribution in [0.1, 0.15) is 68.2 Å². The number of piperidine rings is 1. The molecule has 0 aliphatic carbocycles. The summed E-state index contributed by atoms with van der Waals surface area (Å²) >= 11 is 0. The molecule has 2 aromatic heterocycles.